The molecule has 0 aliphatic rings. The van der Waals surface area contributed by atoms with Gasteiger partial charge < -0.3 is 0 Å². The Morgan fingerprint density at radius 2 is 1.88 bits per heavy atom. The van der Waals surface area contributed by atoms with Crippen LogP contribution in [-0.4, -0.2) is 18.2 Å². The molecule has 0 aliphatic heterocycles. The first-order valence-electron chi connectivity index (χ1n) is 7.19. The van der Waals surface area contributed by atoms with Crippen molar-refractivity contribution in [1.82, 2.24) is 9.78 Å². The average molecular weight is 402 g/mol. The van der Waals surface area contributed by atoms with Crippen molar-refractivity contribution in [3.63, 3.8) is 0 Å². The van der Waals surface area contributed by atoms with Crippen LogP contribution in [-0.2, 0) is 16.6 Å². The molecular weight excluding hydrogens is 391 g/mol. The van der Waals surface area contributed by atoms with Gasteiger partial charge in [0.25, 0.3) is 10.0 Å². The van der Waals surface area contributed by atoms with Gasteiger partial charge in [-0.2, -0.15) is 5.10 Å². The van der Waals surface area contributed by atoms with Gasteiger partial charge in [-0.25, -0.2) is 21.6 Å². The Kier molecular flexibility index (Phi) is 4.92. The minimum atomic E-state index is -4.28. The van der Waals surface area contributed by atoms with Crippen molar-refractivity contribution in [2.45, 2.75) is 11.4 Å². The summed E-state index contributed by atoms with van der Waals surface area (Å²) in [6.45, 7) is -0.0296. The van der Waals surface area contributed by atoms with Gasteiger partial charge in [0.05, 0.1) is 18.4 Å². The van der Waals surface area contributed by atoms with Crippen molar-refractivity contribution in [1.29, 1.82) is 0 Å². The number of aromatic nitrogens is 2. The van der Waals surface area contributed by atoms with Crippen molar-refractivity contribution < 1.29 is 21.6 Å². The third-order valence-corrected chi connectivity index (χ3v) is 5.22. The topological polar surface area (TPSA) is 64.0 Å². The van der Waals surface area contributed by atoms with Crippen LogP contribution in [0.1, 0.15) is 5.56 Å². The zero-order valence-electron chi connectivity index (χ0n) is 13.0. The molecule has 10 heteroatoms. The zero-order valence-corrected chi connectivity index (χ0v) is 14.5. The first-order chi connectivity index (χ1) is 12.3. The van der Waals surface area contributed by atoms with E-state index in [-0.39, 0.29) is 22.8 Å². The summed E-state index contributed by atoms with van der Waals surface area (Å²) < 4.78 is 68.3. The lowest BCUT2D eigenvalue weighted by Gasteiger charge is -2.07. The van der Waals surface area contributed by atoms with Crippen LogP contribution in [0.4, 0.5) is 18.9 Å². The SMILES string of the molecule is O=S(=O)(Nc1cnn(Cc2c(F)cccc2Cl)c1)c1ccc(F)cc1F. The fourth-order valence-electron chi connectivity index (χ4n) is 2.25. The third-order valence-electron chi connectivity index (χ3n) is 3.45. The molecule has 136 valence electrons. The van der Waals surface area contributed by atoms with Gasteiger partial charge in [-0.3, -0.25) is 9.40 Å². The van der Waals surface area contributed by atoms with E-state index in [0.29, 0.717) is 6.07 Å². The van der Waals surface area contributed by atoms with Gasteiger partial charge in [0.1, 0.15) is 22.3 Å². The molecule has 1 N–H and O–H groups in total. The van der Waals surface area contributed by atoms with E-state index in [4.69, 9.17) is 11.6 Å². The molecule has 0 aliphatic carbocycles. The minimum Gasteiger partial charge on any atom is -0.276 e. The van der Waals surface area contributed by atoms with Crippen LogP contribution in [0.3, 0.4) is 0 Å². The summed E-state index contributed by atoms with van der Waals surface area (Å²) in [5.41, 5.74) is 0.220. The highest BCUT2D eigenvalue weighted by atomic mass is 35.5. The lowest BCUT2D eigenvalue weighted by atomic mass is 10.2. The normalized spacial score (nSPS) is 11.5. The van der Waals surface area contributed by atoms with Gasteiger partial charge >= 0.3 is 0 Å². The molecule has 1 aromatic heterocycles. The van der Waals surface area contributed by atoms with Crippen LogP contribution in [0.2, 0.25) is 5.02 Å². The van der Waals surface area contributed by atoms with E-state index < -0.39 is 32.4 Å². The standard InChI is InChI=1S/C16H11ClF3N3O2S/c17-13-2-1-3-14(19)12(13)9-23-8-11(7-21-23)22-26(24,25)16-5-4-10(18)6-15(16)20/h1-8,22H,9H2. The first kappa shape index (κ1) is 18.3. The largest absolute Gasteiger partial charge is 0.276 e. The lowest BCUT2D eigenvalue weighted by Crippen LogP contribution is -2.14. The second-order valence-electron chi connectivity index (χ2n) is 5.31. The van der Waals surface area contributed by atoms with E-state index in [1.54, 1.807) is 0 Å². The van der Waals surface area contributed by atoms with Gasteiger partial charge in [0.2, 0.25) is 0 Å². The van der Waals surface area contributed by atoms with E-state index in [1.807, 2.05) is 0 Å². The molecule has 0 bridgehead atoms. The fourth-order valence-corrected chi connectivity index (χ4v) is 3.56. The van der Waals surface area contributed by atoms with Crippen molar-refractivity contribution in [3.05, 3.63) is 76.8 Å². The van der Waals surface area contributed by atoms with Gasteiger partial charge in [-0.15, -0.1) is 0 Å². The predicted octanol–water partition coefficient (Wildman–Crippen LogP) is 3.80. The Morgan fingerprint density at radius 3 is 2.58 bits per heavy atom. The highest BCUT2D eigenvalue weighted by Gasteiger charge is 2.20. The Labute approximate surface area is 152 Å². The molecular formula is C16H11ClF3N3O2S. The maximum atomic E-state index is 13.8. The van der Waals surface area contributed by atoms with Crippen molar-refractivity contribution in [2.24, 2.45) is 0 Å². The van der Waals surface area contributed by atoms with E-state index in [1.165, 1.54) is 35.3 Å². The molecule has 1 heterocycles. The molecule has 0 saturated heterocycles. The monoisotopic (exact) mass is 401 g/mol. The number of nitrogens with zero attached hydrogens (tertiary/aromatic N) is 2. The highest BCUT2D eigenvalue weighted by Crippen LogP contribution is 2.22. The summed E-state index contributed by atoms with van der Waals surface area (Å²) in [6.07, 6.45) is 2.47. The number of hydrogen-bond donors (Lipinski definition) is 1. The molecule has 0 saturated carbocycles. The number of nitrogens with one attached hydrogen (secondary N) is 1. The second kappa shape index (κ2) is 7.00. The van der Waals surface area contributed by atoms with Crippen molar-refractivity contribution in [3.8, 4) is 0 Å². The number of anilines is 1. The molecule has 0 spiro atoms. The van der Waals surface area contributed by atoms with Gasteiger partial charge in [-0.05, 0) is 24.3 Å². The first-order valence-corrected chi connectivity index (χ1v) is 9.05. The summed E-state index contributed by atoms with van der Waals surface area (Å²) >= 11 is 5.94. The zero-order chi connectivity index (χ0) is 18.9. The summed E-state index contributed by atoms with van der Waals surface area (Å²) in [6, 6.07) is 6.34. The molecule has 0 unspecified atom stereocenters. The Balaban J connectivity index is 1.82. The van der Waals surface area contributed by atoms with Crippen LogP contribution in [0, 0.1) is 17.5 Å². The second-order valence-corrected chi connectivity index (χ2v) is 7.37. The van der Waals surface area contributed by atoms with Gasteiger partial charge in [0, 0.05) is 22.8 Å². The van der Waals surface area contributed by atoms with E-state index in [2.05, 4.69) is 9.82 Å². The lowest BCUT2D eigenvalue weighted by molar-refractivity contribution is 0.551. The molecule has 26 heavy (non-hydrogen) atoms. The number of rotatable bonds is 5. The van der Waals surface area contributed by atoms with Crippen LogP contribution in [0.25, 0.3) is 0 Å². The van der Waals surface area contributed by atoms with E-state index in [9.17, 15) is 21.6 Å². The molecule has 0 radical (unpaired) electrons. The third kappa shape index (κ3) is 3.83. The molecule has 0 fully saturated rings. The van der Waals surface area contributed by atoms with Crippen molar-refractivity contribution in [2.75, 3.05) is 4.72 Å². The Hall–Kier alpha value is -2.52. The molecule has 2 aromatic carbocycles. The van der Waals surface area contributed by atoms with Crippen LogP contribution < -0.4 is 4.72 Å². The molecule has 3 aromatic rings. The highest BCUT2D eigenvalue weighted by molar-refractivity contribution is 7.92. The number of hydrogen-bond acceptors (Lipinski definition) is 3. The summed E-state index contributed by atoms with van der Waals surface area (Å²) in [5.74, 6) is -2.64. The Morgan fingerprint density at radius 1 is 1.12 bits per heavy atom. The van der Waals surface area contributed by atoms with Crippen LogP contribution in [0.15, 0.2) is 53.7 Å². The summed E-state index contributed by atoms with van der Waals surface area (Å²) in [4.78, 5) is -0.705. The average Bonchev–Trinajstić information content (AvgIpc) is 2.97. The van der Waals surface area contributed by atoms with Crippen molar-refractivity contribution >= 4 is 27.3 Å². The summed E-state index contributed by atoms with van der Waals surface area (Å²) in [7, 11) is -4.28. The van der Waals surface area contributed by atoms with E-state index in [0.717, 1.165) is 12.1 Å². The Bertz CT molecular complexity index is 1050. The van der Waals surface area contributed by atoms with Crippen LogP contribution >= 0.6 is 11.6 Å². The van der Waals surface area contributed by atoms with Gasteiger partial charge in [0.15, 0.2) is 0 Å². The smallest absolute Gasteiger partial charge is 0.264 e. The number of halogens is 4. The molecule has 0 amide bonds. The van der Waals surface area contributed by atoms with E-state index >= 15 is 0 Å². The predicted molar refractivity (Wildman–Crippen MR) is 89.9 cm³/mol. The maximum absolute atomic E-state index is 13.8. The quantitative estimate of drug-likeness (QED) is 0.707. The summed E-state index contributed by atoms with van der Waals surface area (Å²) in [5, 5.41) is 4.12. The fraction of sp³-hybridized carbons (Fsp3) is 0.0625. The van der Waals surface area contributed by atoms with Gasteiger partial charge in [-0.1, -0.05) is 17.7 Å². The maximum Gasteiger partial charge on any atom is 0.264 e. The number of sulfonamides is 1. The van der Waals surface area contributed by atoms with Crippen LogP contribution in [0.5, 0.6) is 0 Å². The number of benzene rings is 2. The molecule has 3 rings (SSSR count). The minimum absolute atomic E-state index is 0.0289. The molecule has 0 atom stereocenters. The molecule has 5 nitrogen and oxygen atoms in total.